The molecule has 0 radical (unpaired) electrons. The molecular formula is C17H19NO2S. The van der Waals surface area contributed by atoms with E-state index < -0.39 is 0 Å². The molecule has 0 bridgehead atoms. The first kappa shape index (κ1) is 14.3. The average molecular weight is 301 g/mol. The number of hydrogen-bond acceptors (Lipinski definition) is 3. The van der Waals surface area contributed by atoms with Gasteiger partial charge in [0.15, 0.2) is 0 Å². The Bertz CT molecular complexity index is 663. The van der Waals surface area contributed by atoms with Crippen molar-refractivity contribution in [2.45, 2.75) is 26.3 Å². The maximum absolute atomic E-state index is 12.2. The van der Waals surface area contributed by atoms with Gasteiger partial charge in [-0.2, -0.15) is 0 Å². The number of fused-ring (bicyclic) bond motifs is 1. The van der Waals surface area contributed by atoms with Gasteiger partial charge in [-0.1, -0.05) is 13.0 Å². The van der Waals surface area contributed by atoms with E-state index in [4.69, 9.17) is 5.11 Å². The van der Waals surface area contributed by atoms with E-state index in [9.17, 15) is 4.79 Å². The maximum Gasteiger partial charge on any atom is 0.254 e. The van der Waals surface area contributed by atoms with Crippen molar-refractivity contribution in [3.63, 3.8) is 0 Å². The van der Waals surface area contributed by atoms with Gasteiger partial charge in [0.2, 0.25) is 0 Å². The van der Waals surface area contributed by atoms with E-state index in [2.05, 4.69) is 25.1 Å². The summed E-state index contributed by atoms with van der Waals surface area (Å²) in [6.45, 7) is 3.57. The molecule has 0 saturated carbocycles. The fraction of sp³-hybridized carbons (Fsp3) is 0.353. The standard InChI is InChI=1S/C17H19NO2S/c1-2-14-5-7-16(21-14)12-4-6-15-13(10-12)11-18(17(15)20)8-3-9-19/h4-7,10,19H,2-3,8-9,11H2,1H3. The molecule has 4 heteroatoms. The monoisotopic (exact) mass is 301 g/mol. The van der Waals surface area contributed by atoms with Crippen molar-refractivity contribution in [3.8, 4) is 10.4 Å². The Morgan fingerprint density at radius 1 is 1.29 bits per heavy atom. The van der Waals surface area contributed by atoms with Crippen LogP contribution in [0.5, 0.6) is 0 Å². The second-order valence-electron chi connectivity index (χ2n) is 5.30. The number of aryl methyl sites for hydroxylation is 1. The number of hydrogen-bond donors (Lipinski definition) is 1. The SMILES string of the molecule is CCc1ccc(-c2ccc3c(c2)CN(CCCO)C3=O)s1. The van der Waals surface area contributed by atoms with E-state index in [0.717, 1.165) is 17.5 Å². The summed E-state index contributed by atoms with van der Waals surface area (Å²) >= 11 is 1.82. The van der Waals surface area contributed by atoms with E-state index in [1.807, 2.05) is 28.4 Å². The van der Waals surface area contributed by atoms with Gasteiger partial charge in [-0.25, -0.2) is 0 Å². The molecular weight excluding hydrogens is 282 g/mol. The van der Waals surface area contributed by atoms with Crippen LogP contribution < -0.4 is 0 Å². The van der Waals surface area contributed by atoms with Crippen LogP contribution in [0.1, 0.15) is 34.1 Å². The molecule has 1 aliphatic heterocycles. The summed E-state index contributed by atoms with van der Waals surface area (Å²) in [4.78, 5) is 16.7. The van der Waals surface area contributed by atoms with Gasteiger partial charge in [0.1, 0.15) is 0 Å². The lowest BCUT2D eigenvalue weighted by Crippen LogP contribution is -2.25. The lowest BCUT2D eigenvalue weighted by atomic mass is 10.1. The van der Waals surface area contributed by atoms with Gasteiger partial charge in [0.25, 0.3) is 5.91 Å². The first-order valence-electron chi connectivity index (χ1n) is 7.35. The zero-order valence-electron chi connectivity index (χ0n) is 12.1. The third-order valence-corrected chi connectivity index (χ3v) is 5.14. The van der Waals surface area contributed by atoms with Gasteiger partial charge in [-0.05, 0) is 48.2 Å². The van der Waals surface area contributed by atoms with Crippen LogP contribution in [0.25, 0.3) is 10.4 Å². The molecule has 0 spiro atoms. The molecule has 1 N–H and O–H groups in total. The number of aliphatic hydroxyl groups is 1. The molecule has 1 aromatic heterocycles. The van der Waals surface area contributed by atoms with Crippen molar-refractivity contribution in [1.82, 2.24) is 4.90 Å². The van der Waals surface area contributed by atoms with Crippen molar-refractivity contribution in [2.75, 3.05) is 13.2 Å². The van der Waals surface area contributed by atoms with Crippen LogP contribution in [0, 0.1) is 0 Å². The highest BCUT2D eigenvalue weighted by atomic mass is 32.1. The number of amides is 1. The zero-order chi connectivity index (χ0) is 14.8. The predicted octanol–water partition coefficient (Wildman–Crippen LogP) is 3.32. The molecule has 0 fully saturated rings. The molecule has 2 heterocycles. The number of thiophene rings is 1. The minimum Gasteiger partial charge on any atom is -0.396 e. The largest absolute Gasteiger partial charge is 0.396 e. The fourth-order valence-corrected chi connectivity index (χ4v) is 3.64. The second-order valence-corrected chi connectivity index (χ2v) is 6.46. The minimum atomic E-state index is 0.0884. The van der Waals surface area contributed by atoms with Crippen LogP contribution in [0.3, 0.4) is 0 Å². The molecule has 2 aromatic rings. The second kappa shape index (κ2) is 6.00. The highest BCUT2D eigenvalue weighted by molar-refractivity contribution is 7.15. The summed E-state index contributed by atoms with van der Waals surface area (Å²) in [5, 5.41) is 8.91. The number of nitrogens with zero attached hydrogens (tertiary/aromatic N) is 1. The average Bonchev–Trinajstić information content (AvgIpc) is 3.10. The van der Waals surface area contributed by atoms with Gasteiger partial charge >= 0.3 is 0 Å². The Morgan fingerprint density at radius 3 is 2.86 bits per heavy atom. The molecule has 0 unspecified atom stereocenters. The van der Waals surface area contributed by atoms with Crippen LogP contribution in [-0.4, -0.2) is 29.1 Å². The zero-order valence-corrected chi connectivity index (χ0v) is 12.9. The van der Waals surface area contributed by atoms with Gasteiger partial charge in [-0.3, -0.25) is 4.79 Å². The van der Waals surface area contributed by atoms with Gasteiger partial charge in [-0.15, -0.1) is 11.3 Å². The van der Waals surface area contributed by atoms with Gasteiger partial charge in [0.05, 0.1) is 0 Å². The van der Waals surface area contributed by atoms with Crippen molar-refractivity contribution in [2.24, 2.45) is 0 Å². The van der Waals surface area contributed by atoms with Crippen LogP contribution in [0.15, 0.2) is 30.3 Å². The summed E-state index contributed by atoms with van der Waals surface area (Å²) in [6, 6.07) is 10.4. The predicted molar refractivity (Wildman–Crippen MR) is 85.6 cm³/mol. The van der Waals surface area contributed by atoms with E-state index in [1.165, 1.54) is 15.3 Å². The van der Waals surface area contributed by atoms with Crippen LogP contribution in [0.2, 0.25) is 0 Å². The van der Waals surface area contributed by atoms with E-state index >= 15 is 0 Å². The Labute approximate surface area is 128 Å². The number of carbonyl (C=O) groups is 1. The Hall–Kier alpha value is -1.65. The normalized spacial score (nSPS) is 13.8. The summed E-state index contributed by atoms with van der Waals surface area (Å²) in [6.07, 6.45) is 1.69. The molecule has 3 nitrogen and oxygen atoms in total. The van der Waals surface area contributed by atoms with E-state index in [1.54, 1.807) is 0 Å². The molecule has 1 aliphatic rings. The lowest BCUT2D eigenvalue weighted by Gasteiger charge is -2.13. The van der Waals surface area contributed by atoms with Crippen LogP contribution in [-0.2, 0) is 13.0 Å². The summed E-state index contributed by atoms with van der Waals surface area (Å²) in [5.74, 6) is 0.0884. The molecule has 0 saturated heterocycles. The molecule has 0 atom stereocenters. The highest BCUT2D eigenvalue weighted by Crippen LogP contribution is 2.32. The first-order valence-corrected chi connectivity index (χ1v) is 8.16. The van der Waals surface area contributed by atoms with Gasteiger partial charge < -0.3 is 10.0 Å². The van der Waals surface area contributed by atoms with Gasteiger partial charge in [0, 0.05) is 35.0 Å². The van der Waals surface area contributed by atoms with Crippen molar-refractivity contribution in [3.05, 3.63) is 46.3 Å². The number of aliphatic hydroxyl groups excluding tert-OH is 1. The molecule has 1 aromatic carbocycles. The third kappa shape index (κ3) is 2.74. The van der Waals surface area contributed by atoms with Crippen LogP contribution in [0.4, 0.5) is 0 Å². The number of benzene rings is 1. The number of rotatable bonds is 5. The topological polar surface area (TPSA) is 40.5 Å². The quantitative estimate of drug-likeness (QED) is 0.920. The van der Waals surface area contributed by atoms with Crippen molar-refractivity contribution < 1.29 is 9.90 Å². The Balaban J connectivity index is 1.85. The molecule has 0 aliphatic carbocycles. The fourth-order valence-electron chi connectivity index (χ4n) is 2.70. The summed E-state index contributed by atoms with van der Waals surface area (Å²) in [5.41, 5.74) is 3.10. The van der Waals surface area contributed by atoms with E-state index in [-0.39, 0.29) is 12.5 Å². The molecule has 3 rings (SSSR count). The molecule has 1 amide bonds. The number of carbonyl (C=O) groups excluding carboxylic acids is 1. The minimum absolute atomic E-state index is 0.0884. The summed E-state index contributed by atoms with van der Waals surface area (Å²) < 4.78 is 0. The lowest BCUT2D eigenvalue weighted by molar-refractivity contribution is 0.0768. The molecule has 110 valence electrons. The summed E-state index contributed by atoms with van der Waals surface area (Å²) in [7, 11) is 0. The Morgan fingerprint density at radius 2 is 2.14 bits per heavy atom. The Kier molecular flexibility index (Phi) is 4.08. The van der Waals surface area contributed by atoms with Crippen molar-refractivity contribution >= 4 is 17.2 Å². The smallest absolute Gasteiger partial charge is 0.254 e. The van der Waals surface area contributed by atoms with Crippen molar-refractivity contribution in [1.29, 1.82) is 0 Å². The maximum atomic E-state index is 12.2. The van der Waals surface area contributed by atoms with Crippen LogP contribution >= 0.6 is 11.3 Å². The first-order chi connectivity index (χ1) is 10.2. The molecule has 21 heavy (non-hydrogen) atoms. The third-order valence-electron chi connectivity index (χ3n) is 3.86. The highest BCUT2D eigenvalue weighted by Gasteiger charge is 2.26. The van der Waals surface area contributed by atoms with E-state index in [0.29, 0.717) is 19.5 Å².